The van der Waals surface area contributed by atoms with E-state index in [0.717, 1.165) is 22.5 Å². The van der Waals surface area contributed by atoms with Gasteiger partial charge in [-0.2, -0.15) is 0 Å². The average molecular weight is 313 g/mol. The highest BCUT2D eigenvalue weighted by molar-refractivity contribution is 7.92. The maximum absolute atomic E-state index is 13.8. The number of rotatable bonds is 5. The van der Waals surface area contributed by atoms with E-state index >= 15 is 0 Å². The smallest absolute Gasteiger partial charge is 0.270 e. The van der Waals surface area contributed by atoms with Gasteiger partial charge < -0.3 is 5.11 Å². The highest BCUT2D eigenvalue weighted by Crippen LogP contribution is 2.26. The Kier molecular flexibility index (Phi) is 4.54. The summed E-state index contributed by atoms with van der Waals surface area (Å²) in [5, 5.41) is 9.05. The summed E-state index contributed by atoms with van der Waals surface area (Å²) in [6, 6.07) is 10.6. The van der Waals surface area contributed by atoms with Gasteiger partial charge in [0.25, 0.3) is 10.0 Å². The molecule has 0 spiro atoms. The molecule has 7 heteroatoms. The largest absolute Gasteiger partial charge is 0.394 e. The van der Waals surface area contributed by atoms with Crippen LogP contribution >= 0.6 is 0 Å². The second-order valence-corrected chi connectivity index (χ2v) is 5.99. The van der Waals surface area contributed by atoms with Crippen molar-refractivity contribution in [3.8, 4) is 0 Å². The van der Waals surface area contributed by atoms with Crippen LogP contribution in [-0.4, -0.2) is 26.7 Å². The van der Waals surface area contributed by atoms with Gasteiger partial charge in [0.2, 0.25) is 0 Å². The Labute approximate surface area is 121 Å². The highest BCUT2D eigenvalue weighted by atomic mass is 32.2. The molecule has 2 aromatic carbocycles. The first kappa shape index (κ1) is 15.4. The molecule has 0 aliphatic heterocycles. The monoisotopic (exact) mass is 313 g/mol. The van der Waals surface area contributed by atoms with E-state index in [1.54, 1.807) is 18.2 Å². The molecule has 0 unspecified atom stereocenters. The SMILES string of the molecule is O=S(=O)(c1c(F)cccc1F)N(CCO)c1ccccc1. The number of benzene rings is 2. The van der Waals surface area contributed by atoms with Crippen LogP contribution in [0.1, 0.15) is 0 Å². The van der Waals surface area contributed by atoms with Crippen LogP contribution in [0.4, 0.5) is 14.5 Å². The zero-order chi connectivity index (χ0) is 15.5. The summed E-state index contributed by atoms with van der Waals surface area (Å²) in [5.74, 6) is -2.34. The number of hydrogen-bond donors (Lipinski definition) is 1. The van der Waals surface area contributed by atoms with E-state index in [-0.39, 0.29) is 12.2 Å². The average Bonchev–Trinajstić information content (AvgIpc) is 2.45. The molecule has 0 saturated carbocycles. The fourth-order valence-electron chi connectivity index (χ4n) is 1.91. The van der Waals surface area contributed by atoms with Crippen molar-refractivity contribution < 1.29 is 22.3 Å². The number of hydrogen-bond acceptors (Lipinski definition) is 3. The molecule has 1 N–H and O–H groups in total. The maximum Gasteiger partial charge on any atom is 0.270 e. The third-order valence-corrected chi connectivity index (χ3v) is 4.69. The van der Waals surface area contributed by atoms with Gasteiger partial charge >= 0.3 is 0 Å². The number of anilines is 1. The van der Waals surface area contributed by atoms with Gasteiger partial charge in [0.15, 0.2) is 4.90 Å². The summed E-state index contributed by atoms with van der Waals surface area (Å²) in [5.41, 5.74) is 0.217. The third-order valence-electron chi connectivity index (χ3n) is 2.81. The molecule has 2 rings (SSSR count). The first-order valence-electron chi connectivity index (χ1n) is 6.11. The number of sulfonamides is 1. The molecule has 0 radical (unpaired) electrons. The fourth-order valence-corrected chi connectivity index (χ4v) is 3.48. The van der Waals surface area contributed by atoms with Crippen molar-refractivity contribution in [2.75, 3.05) is 17.5 Å². The van der Waals surface area contributed by atoms with E-state index in [2.05, 4.69) is 0 Å². The van der Waals surface area contributed by atoms with Crippen molar-refractivity contribution in [3.05, 3.63) is 60.2 Å². The Morgan fingerprint density at radius 3 is 2.05 bits per heavy atom. The lowest BCUT2D eigenvalue weighted by Crippen LogP contribution is -2.34. The second kappa shape index (κ2) is 6.19. The molecule has 0 aliphatic rings. The number of nitrogens with zero attached hydrogens (tertiary/aromatic N) is 1. The summed E-state index contributed by atoms with van der Waals surface area (Å²) in [7, 11) is -4.45. The normalized spacial score (nSPS) is 11.4. The van der Waals surface area contributed by atoms with Gasteiger partial charge in [-0.25, -0.2) is 17.2 Å². The molecule has 0 aliphatic carbocycles. The zero-order valence-corrected chi connectivity index (χ0v) is 11.7. The fraction of sp³-hybridized carbons (Fsp3) is 0.143. The molecular formula is C14H13F2NO3S. The predicted molar refractivity (Wildman–Crippen MR) is 74.4 cm³/mol. The number of aliphatic hydroxyl groups excluding tert-OH is 1. The summed E-state index contributed by atoms with van der Waals surface area (Å²) in [6.07, 6.45) is 0. The number of halogens is 2. The van der Waals surface area contributed by atoms with Crippen LogP contribution < -0.4 is 4.31 Å². The van der Waals surface area contributed by atoms with E-state index in [0.29, 0.717) is 0 Å². The van der Waals surface area contributed by atoms with Crippen molar-refractivity contribution in [3.63, 3.8) is 0 Å². The van der Waals surface area contributed by atoms with Crippen molar-refractivity contribution in [1.29, 1.82) is 0 Å². The molecule has 0 bridgehead atoms. The van der Waals surface area contributed by atoms with Crippen LogP contribution in [0.25, 0.3) is 0 Å². The Bertz CT molecular complexity index is 700. The molecule has 4 nitrogen and oxygen atoms in total. The predicted octanol–water partition coefficient (Wildman–Crippen LogP) is 2.15. The Hall–Kier alpha value is -1.99. The first-order valence-corrected chi connectivity index (χ1v) is 7.55. The van der Waals surface area contributed by atoms with Crippen LogP contribution in [0.5, 0.6) is 0 Å². The molecule has 0 saturated heterocycles. The van der Waals surface area contributed by atoms with Crippen LogP contribution in [-0.2, 0) is 10.0 Å². The maximum atomic E-state index is 13.8. The van der Waals surface area contributed by atoms with Crippen molar-refractivity contribution in [1.82, 2.24) is 0 Å². The van der Waals surface area contributed by atoms with Gasteiger partial charge in [-0.15, -0.1) is 0 Å². The van der Waals surface area contributed by atoms with E-state index in [9.17, 15) is 17.2 Å². The van der Waals surface area contributed by atoms with Gasteiger partial charge in [-0.05, 0) is 24.3 Å². The Morgan fingerprint density at radius 1 is 0.952 bits per heavy atom. The van der Waals surface area contributed by atoms with Gasteiger partial charge in [-0.1, -0.05) is 24.3 Å². The van der Waals surface area contributed by atoms with Gasteiger partial charge in [0.1, 0.15) is 11.6 Å². The molecular weight excluding hydrogens is 300 g/mol. The quantitative estimate of drug-likeness (QED) is 0.920. The lowest BCUT2D eigenvalue weighted by atomic mass is 10.3. The molecule has 0 amide bonds. The number of para-hydroxylation sites is 1. The van der Waals surface area contributed by atoms with Crippen LogP contribution in [0.15, 0.2) is 53.4 Å². The highest BCUT2D eigenvalue weighted by Gasteiger charge is 2.30. The van der Waals surface area contributed by atoms with E-state index in [4.69, 9.17) is 5.11 Å². The summed E-state index contributed by atoms with van der Waals surface area (Å²) in [4.78, 5) is -1.03. The molecule has 21 heavy (non-hydrogen) atoms. The topological polar surface area (TPSA) is 57.6 Å². The Balaban J connectivity index is 2.59. The molecule has 0 atom stereocenters. The molecule has 112 valence electrons. The third kappa shape index (κ3) is 3.03. The molecule has 0 heterocycles. The number of aliphatic hydroxyl groups is 1. The van der Waals surface area contributed by atoms with Crippen molar-refractivity contribution in [2.24, 2.45) is 0 Å². The van der Waals surface area contributed by atoms with E-state index in [1.165, 1.54) is 12.1 Å². The van der Waals surface area contributed by atoms with Gasteiger partial charge in [0.05, 0.1) is 18.8 Å². The van der Waals surface area contributed by atoms with Crippen molar-refractivity contribution >= 4 is 15.7 Å². The summed E-state index contributed by atoms with van der Waals surface area (Å²) >= 11 is 0. The lowest BCUT2D eigenvalue weighted by Gasteiger charge is -2.24. The second-order valence-electron chi connectivity index (χ2n) is 4.19. The Morgan fingerprint density at radius 2 is 1.52 bits per heavy atom. The van der Waals surface area contributed by atoms with Gasteiger partial charge in [0, 0.05) is 0 Å². The van der Waals surface area contributed by atoms with Crippen LogP contribution in [0.2, 0.25) is 0 Å². The van der Waals surface area contributed by atoms with Gasteiger partial charge in [-0.3, -0.25) is 4.31 Å². The minimum atomic E-state index is -4.45. The lowest BCUT2D eigenvalue weighted by molar-refractivity contribution is 0.306. The first-order chi connectivity index (χ1) is 9.98. The zero-order valence-electron chi connectivity index (χ0n) is 10.9. The minimum Gasteiger partial charge on any atom is -0.394 e. The minimum absolute atomic E-state index is 0.217. The molecule has 0 fully saturated rings. The van der Waals surface area contributed by atoms with Crippen LogP contribution in [0.3, 0.4) is 0 Å². The molecule has 2 aromatic rings. The van der Waals surface area contributed by atoms with E-state index in [1.807, 2.05) is 0 Å². The van der Waals surface area contributed by atoms with E-state index < -0.39 is 33.2 Å². The van der Waals surface area contributed by atoms with Crippen LogP contribution in [0, 0.1) is 11.6 Å². The summed E-state index contributed by atoms with van der Waals surface area (Å²) in [6.45, 7) is -0.787. The van der Waals surface area contributed by atoms with Crippen molar-refractivity contribution in [2.45, 2.75) is 4.90 Å². The molecule has 0 aromatic heterocycles. The summed E-state index contributed by atoms with van der Waals surface area (Å²) < 4.78 is 53.3. The standard InChI is InChI=1S/C14H13F2NO3S/c15-12-7-4-8-13(16)14(12)21(19,20)17(9-10-18)11-5-2-1-3-6-11/h1-8,18H,9-10H2.